The van der Waals surface area contributed by atoms with Crippen LogP contribution in [0.25, 0.3) is 0 Å². The summed E-state index contributed by atoms with van der Waals surface area (Å²) in [6.07, 6.45) is -0.777. The molecule has 2 aromatic carbocycles. The van der Waals surface area contributed by atoms with Gasteiger partial charge in [-0.1, -0.05) is 29.8 Å². The fourth-order valence-electron chi connectivity index (χ4n) is 2.31. The van der Waals surface area contributed by atoms with Crippen LogP contribution in [0, 0.1) is 13.8 Å². The third-order valence-corrected chi connectivity index (χ3v) is 3.68. The Labute approximate surface area is 142 Å². The molecule has 2 N–H and O–H groups in total. The minimum atomic E-state index is -0.777. The molecular formula is C19H23NO4. The number of amides is 1. The van der Waals surface area contributed by atoms with Gasteiger partial charge in [-0.05, 0) is 43.2 Å². The average molecular weight is 329 g/mol. The lowest BCUT2D eigenvalue weighted by atomic mass is 10.1. The highest BCUT2D eigenvalue weighted by Gasteiger charge is 2.10. The maximum absolute atomic E-state index is 11.9. The van der Waals surface area contributed by atoms with Crippen LogP contribution in [0.3, 0.4) is 0 Å². The van der Waals surface area contributed by atoms with Gasteiger partial charge in [0, 0.05) is 6.54 Å². The molecule has 0 radical (unpaired) electrons. The highest BCUT2D eigenvalue weighted by atomic mass is 16.5. The van der Waals surface area contributed by atoms with E-state index in [9.17, 15) is 9.90 Å². The van der Waals surface area contributed by atoms with Crippen molar-refractivity contribution >= 4 is 5.91 Å². The number of rotatable bonds is 7. The molecule has 0 aromatic heterocycles. The van der Waals surface area contributed by atoms with Gasteiger partial charge in [-0.25, -0.2) is 0 Å². The van der Waals surface area contributed by atoms with Crippen molar-refractivity contribution in [2.24, 2.45) is 0 Å². The minimum Gasteiger partial charge on any atom is -0.497 e. The Morgan fingerprint density at radius 1 is 1.17 bits per heavy atom. The molecule has 1 atom stereocenters. The molecule has 0 saturated carbocycles. The quantitative estimate of drug-likeness (QED) is 0.819. The second kappa shape index (κ2) is 8.36. The van der Waals surface area contributed by atoms with Gasteiger partial charge in [0.05, 0.1) is 13.2 Å². The van der Waals surface area contributed by atoms with E-state index in [1.165, 1.54) is 0 Å². The van der Waals surface area contributed by atoms with Gasteiger partial charge in [0.25, 0.3) is 5.91 Å². The van der Waals surface area contributed by atoms with Crippen LogP contribution in [0.15, 0.2) is 42.5 Å². The fourth-order valence-corrected chi connectivity index (χ4v) is 2.31. The van der Waals surface area contributed by atoms with Crippen LogP contribution < -0.4 is 14.8 Å². The monoisotopic (exact) mass is 329 g/mol. The first kappa shape index (κ1) is 17.8. The maximum Gasteiger partial charge on any atom is 0.258 e. The fraction of sp³-hybridized carbons (Fsp3) is 0.316. The van der Waals surface area contributed by atoms with E-state index in [1.54, 1.807) is 31.4 Å². The molecule has 0 saturated heterocycles. The Morgan fingerprint density at radius 2 is 1.88 bits per heavy atom. The minimum absolute atomic E-state index is 0.0841. The van der Waals surface area contributed by atoms with Gasteiger partial charge >= 0.3 is 0 Å². The number of aliphatic hydroxyl groups is 1. The van der Waals surface area contributed by atoms with Gasteiger partial charge < -0.3 is 19.9 Å². The number of carbonyl (C=O) groups excluding carboxylic acids is 1. The van der Waals surface area contributed by atoms with E-state index in [0.717, 1.165) is 16.9 Å². The molecule has 24 heavy (non-hydrogen) atoms. The second-order valence-corrected chi connectivity index (χ2v) is 5.65. The molecule has 0 spiro atoms. The molecule has 0 aliphatic carbocycles. The third kappa shape index (κ3) is 4.99. The zero-order chi connectivity index (χ0) is 17.5. The van der Waals surface area contributed by atoms with Crippen LogP contribution in [0.4, 0.5) is 0 Å². The standard InChI is InChI=1S/C19H23NO4/c1-13-4-9-18(14(2)10-13)24-12-19(22)20-11-17(21)15-5-7-16(23-3)8-6-15/h4-10,17,21H,11-12H2,1-3H3,(H,20,22). The van der Waals surface area contributed by atoms with Crippen LogP contribution in [0.2, 0.25) is 0 Å². The van der Waals surface area contributed by atoms with Crippen molar-refractivity contribution < 1.29 is 19.4 Å². The summed E-state index contributed by atoms with van der Waals surface area (Å²) >= 11 is 0. The molecular weight excluding hydrogens is 306 g/mol. The van der Waals surface area contributed by atoms with Crippen LogP contribution in [-0.4, -0.2) is 31.3 Å². The van der Waals surface area contributed by atoms with E-state index >= 15 is 0 Å². The number of benzene rings is 2. The van der Waals surface area contributed by atoms with E-state index in [1.807, 2.05) is 32.0 Å². The summed E-state index contributed by atoms with van der Waals surface area (Å²) in [6.45, 7) is 3.98. The van der Waals surface area contributed by atoms with E-state index in [-0.39, 0.29) is 19.1 Å². The zero-order valence-electron chi connectivity index (χ0n) is 14.2. The lowest BCUT2D eigenvalue weighted by Gasteiger charge is -2.14. The Kier molecular flexibility index (Phi) is 6.21. The van der Waals surface area contributed by atoms with Gasteiger partial charge in [-0.3, -0.25) is 4.79 Å². The van der Waals surface area contributed by atoms with E-state index in [0.29, 0.717) is 11.3 Å². The number of methoxy groups -OCH3 is 1. The molecule has 0 fully saturated rings. The van der Waals surface area contributed by atoms with Gasteiger partial charge in [0.2, 0.25) is 0 Å². The zero-order valence-corrected chi connectivity index (χ0v) is 14.2. The molecule has 0 bridgehead atoms. The third-order valence-electron chi connectivity index (χ3n) is 3.68. The molecule has 0 heterocycles. The molecule has 2 rings (SSSR count). The number of aryl methyl sites for hydroxylation is 2. The van der Waals surface area contributed by atoms with Gasteiger partial charge in [-0.2, -0.15) is 0 Å². The first-order valence-electron chi connectivity index (χ1n) is 7.78. The SMILES string of the molecule is COc1ccc(C(O)CNC(=O)COc2ccc(C)cc2C)cc1. The summed E-state index contributed by atoms with van der Waals surface area (Å²) in [5, 5.41) is 12.8. The van der Waals surface area contributed by atoms with Crippen molar-refractivity contribution in [3.63, 3.8) is 0 Å². The Bertz CT molecular complexity index is 682. The highest BCUT2D eigenvalue weighted by molar-refractivity contribution is 5.77. The smallest absolute Gasteiger partial charge is 0.258 e. The second-order valence-electron chi connectivity index (χ2n) is 5.65. The lowest BCUT2D eigenvalue weighted by molar-refractivity contribution is -0.123. The van der Waals surface area contributed by atoms with Gasteiger partial charge in [0.15, 0.2) is 6.61 Å². The molecule has 1 unspecified atom stereocenters. The molecule has 128 valence electrons. The number of carbonyl (C=O) groups is 1. The molecule has 5 heteroatoms. The predicted molar refractivity (Wildman–Crippen MR) is 92.4 cm³/mol. The summed E-state index contributed by atoms with van der Waals surface area (Å²) in [5.41, 5.74) is 2.85. The van der Waals surface area contributed by atoms with Crippen molar-refractivity contribution in [1.82, 2.24) is 5.32 Å². The summed E-state index contributed by atoms with van der Waals surface area (Å²) in [5.74, 6) is 1.13. The van der Waals surface area contributed by atoms with E-state index in [4.69, 9.17) is 9.47 Å². The van der Waals surface area contributed by atoms with Crippen molar-refractivity contribution in [3.8, 4) is 11.5 Å². The van der Waals surface area contributed by atoms with E-state index < -0.39 is 6.10 Å². The summed E-state index contributed by atoms with van der Waals surface area (Å²) in [4.78, 5) is 11.9. The number of hydrogen-bond donors (Lipinski definition) is 2. The van der Waals surface area contributed by atoms with Crippen LogP contribution in [0.1, 0.15) is 22.8 Å². The topological polar surface area (TPSA) is 67.8 Å². The molecule has 2 aromatic rings. The summed E-state index contributed by atoms with van der Waals surface area (Å²) in [7, 11) is 1.58. The van der Waals surface area contributed by atoms with Crippen LogP contribution in [-0.2, 0) is 4.79 Å². The van der Waals surface area contributed by atoms with Crippen LogP contribution >= 0.6 is 0 Å². The molecule has 0 aliphatic rings. The van der Waals surface area contributed by atoms with Gasteiger partial charge in [-0.15, -0.1) is 0 Å². The maximum atomic E-state index is 11.9. The summed E-state index contributed by atoms with van der Waals surface area (Å²) in [6, 6.07) is 12.9. The first-order chi connectivity index (χ1) is 11.5. The van der Waals surface area contributed by atoms with Crippen molar-refractivity contribution in [3.05, 3.63) is 59.2 Å². The van der Waals surface area contributed by atoms with Crippen molar-refractivity contribution in [2.75, 3.05) is 20.3 Å². The molecule has 1 amide bonds. The Morgan fingerprint density at radius 3 is 2.50 bits per heavy atom. The predicted octanol–water partition coefficient (Wildman–Crippen LogP) is 2.54. The normalized spacial score (nSPS) is 11.7. The average Bonchev–Trinajstić information content (AvgIpc) is 2.59. The number of nitrogens with one attached hydrogen (secondary N) is 1. The Balaban J connectivity index is 1.79. The van der Waals surface area contributed by atoms with Crippen molar-refractivity contribution in [2.45, 2.75) is 20.0 Å². The lowest BCUT2D eigenvalue weighted by Crippen LogP contribution is -2.32. The Hall–Kier alpha value is -2.53. The van der Waals surface area contributed by atoms with Gasteiger partial charge in [0.1, 0.15) is 11.5 Å². The highest BCUT2D eigenvalue weighted by Crippen LogP contribution is 2.19. The first-order valence-corrected chi connectivity index (χ1v) is 7.78. The number of ether oxygens (including phenoxy) is 2. The summed E-state index contributed by atoms with van der Waals surface area (Å²) < 4.78 is 10.6. The largest absolute Gasteiger partial charge is 0.497 e. The van der Waals surface area contributed by atoms with E-state index in [2.05, 4.69) is 5.32 Å². The number of aliphatic hydroxyl groups excluding tert-OH is 1. The molecule has 0 aliphatic heterocycles. The molecule has 5 nitrogen and oxygen atoms in total. The number of hydrogen-bond acceptors (Lipinski definition) is 4. The van der Waals surface area contributed by atoms with Crippen molar-refractivity contribution in [1.29, 1.82) is 0 Å². The van der Waals surface area contributed by atoms with Crippen LogP contribution in [0.5, 0.6) is 11.5 Å².